The molecular formula is C9H8F5N3. The van der Waals surface area contributed by atoms with E-state index in [4.69, 9.17) is 5.73 Å². The SMILES string of the molecule is CCN=C(N)Nc1c(F)c(F)c(F)c(F)c1F. The molecule has 3 nitrogen and oxygen atoms in total. The fraction of sp³-hybridized carbons (Fsp3) is 0.222. The van der Waals surface area contributed by atoms with E-state index in [0.29, 0.717) is 0 Å². The third-order valence-corrected chi connectivity index (χ3v) is 1.79. The van der Waals surface area contributed by atoms with Crippen molar-refractivity contribution in [1.29, 1.82) is 0 Å². The molecule has 1 rings (SSSR count). The number of hydrogen-bond donors (Lipinski definition) is 2. The summed E-state index contributed by atoms with van der Waals surface area (Å²) in [4.78, 5) is 3.50. The lowest BCUT2D eigenvalue weighted by Crippen LogP contribution is -2.25. The topological polar surface area (TPSA) is 50.4 Å². The maximum Gasteiger partial charge on any atom is 0.200 e. The van der Waals surface area contributed by atoms with E-state index in [9.17, 15) is 22.0 Å². The van der Waals surface area contributed by atoms with Gasteiger partial charge in [-0.25, -0.2) is 22.0 Å². The maximum absolute atomic E-state index is 13.1. The van der Waals surface area contributed by atoms with Gasteiger partial charge in [-0.15, -0.1) is 0 Å². The van der Waals surface area contributed by atoms with Crippen molar-refractivity contribution in [3.63, 3.8) is 0 Å². The predicted octanol–water partition coefficient (Wildman–Crippen LogP) is 2.13. The van der Waals surface area contributed by atoms with Crippen molar-refractivity contribution in [1.82, 2.24) is 0 Å². The molecule has 0 aliphatic heterocycles. The molecule has 0 unspecified atom stereocenters. The van der Waals surface area contributed by atoms with E-state index in [0.717, 1.165) is 0 Å². The van der Waals surface area contributed by atoms with Crippen molar-refractivity contribution >= 4 is 11.6 Å². The Balaban J connectivity index is 3.30. The van der Waals surface area contributed by atoms with Crippen LogP contribution in [0.4, 0.5) is 27.6 Å². The minimum Gasteiger partial charge on any atom is -0.370 e. The van der Waals surface area contributed by atoms with Gasteiger partial charge < -0.3 is 11.1 Å². The summed E-state index contributed by atoms with van der Waals surface area (Å²) >= 11 is 0. The average Bonchev–Trinajstić information content (AvgIpc) is 2.30. The van der Waals surface area contributed by atoms with Gasteiger partial charge in [0.1, 0.15) is 5.69 Å². The van der Waals surface area contributed by atoms with Gasteiger partial charge in [0, 0.05) is 6.54 Å². The van der Waals surface area contributed by atoms with Gasteiger partial charge in [-0.1, -0.05) is 0 Å². The number of benzene rings is 1. The number of nitrogens with two attached hydrogens (primary N) is 1. The van der Waals surface area contributed by atoms with Crippen LogP contribution in [-0.2, 0) is 0 Å². The van der Waals surface area contributed by atoms with Crippen LogP contribution >= 0.6 is 0 Å². The Bertz CT molecular complexity index is 443. The first kappa shape index (κ1) is 13.2. The summed E-state index contributed by atoms with van der Waals surface area (Å²) in [5, 5.41) is 1.82. The number of nitrogens with zero attached hydrogens (tertiary/aromatic N) is 1. The highest BCUT2D eigenvalue weighted by Crippen LogP contribution is 2.26. The number of anilines is 1. The van der Waals surface area contributed by atoms with Crippen molar-refractivity contribution in [3.05, 3.63) is 29.1 Å². The highest BCUT2D eigenvalue weighted by atomic mass is 19.2. The van der Waals surface area contributed by atoms with Crippen LogP contribution in [-0.4, -0.2) is 12.5 Å². The molecule has 3 N–H and O–H groups in total. The van der Waals surface area contributed by atoms with Crippen LogP contribution in [0.5, 0.6) is 0 Å². The van der Waals surface area contributed by atoms with Crippen LogP contribution in [0.15, 0.2) is 4.99 Å². The molecule has 0 saturated carbocycles. The Labute approximate surface area is 93.1 Å². The molecule has 0 aliphatic carbocycles. The molecule has 94 valence electrons. The van der Waals surface area contributed by atoms with Crippen molar-refractivity contribution < 1.29 is 22.0 Å². The fourth-order valence-corrected chi connectivity index (χ4v) is 1.05. The van der Waals surface area contributed by atoms with Gasteiger partial charge >= 0.3 is 0 Å². The Hall–Kier alpha value is -1.86. The van der Waals surface area contributed by atoms with Crippen LogP contribution in [0.1, 0.15) is 6.92 Å². The molecule has 0 amide bonds. The number of nitrogens with one attached hydrogen (secondary N) is 1. The molecule has 0 spiro atoms. The summed E-state index contributed by atoms with van der Waals surface area (Å²) in [6, 6.07) is 0. The van der Waals surface area contributed by atoms with Crippen molar-refractivity contribution in [2.75, 3.05) is 11.9 Å². The van der Waals surface area contributed by atoms with Crippen LogP contribution in [0.2, 0.25) is 0 Å². The molecule has 1 aromatic rings. The lowest BCUT2D eigenvalue weighted by atomic mass is 10.2. The smallest absolute Gasteiger partial charge is 0.200 e. The van der Waals surface area contributed by atoms with Crippen molar-refractivity contribution in [2.45, 2.75) is 6.92 Å². The number of hydrogen-bond acceptors (Lipinski definition) is 1. The first-order chi connectivity index (χ1) is 7.90. The van der Waals surface area contributed by atoms with Gasteiger partial charge in [-0.2, -0.15) is 0 Å². The lowest BCUT2D eigenvalue weighted by Gasteiger charge is -2.09. The highest BCUT2D eigenvalue weighted by Gasteiger charge is 2.25. The van der Waals surface area contributed by atoms with Crippen LogP contribution in [0.25, 0.3) is 0 Å². The predicted molar refractivity (Wildman–Crippen MR) is 52.0 cm³/mol. The molecule has 0 saturated heterocycles. The quantitative estimate of drug-likeness (QED) is 0.279. The largest absolute Gasteiger partial charge is 0.370 e. The monoisotopic (exact) mass is 253 g/mol. The maximum atomic E-state index is 13.1. The number of aliphatic imine (C=N–C) groups is 1. The average molecular weight is 253 g/mol. The molecule has 0 atom stereocenters. The first-order valence-corrected chi connectivity index (χ1v) is 4.48. The molecule has 0 aliphatic rings. The zero-order valence-corrected chi connectivity index (χ0v) is 8.62. The molecule has 0 aromatic heterocycles. The zero-order chi connectivity index (χ0) is 13.2. The molecule has 1 aromatic carbocycles. The molecule has 8 heteroatoms. The van der Waals surface area contributed by atoms with Crippen molar-refractivity contribution in [3.8, 4) is 0 Å². The third-order valence-electron chi connectivity index (χ3n) is 1.79. The zero-order valence-electron chi connectivity index (χ0n) is 8.62. The van der Waals surface area contributed by atoms with E-state index in [1.807, 2.05) is 5.32 Å². The Morgan fingerprint density at radius 3 is 1.82 bits per heavy atom. The summed E-state index contributed by atoms with van der Waals surface area (Å²) in [5.41, 5.74) is 3.93. The number of halogens is 5. The number of rotatable bonds is 2. The summed E-state index contributed by atoms with van der Waals surface area (Å²) in [6.45, 7) is 1.77. The Morgan fingerprint density at radius 1 is 1.00 bits per heavy atom. The molecule has 17 heavy (non-hydrogen) atoms. The molecule has 0 heterocycles. The third kappa shape index (κ3) is 2.45. The second kappa shape index (κ2) is 4.98. The fourth-order valence-electron chi connectivity index (χ4n) is 1.05. The van der Waals surface area contributed by atoms with Gasteiger partial charge in [0.2, 0.25) is 5.82 Å². The van der Waals surface area contributed by atoms with Gasteiger partial charge in [-0.05, 0) is 6.92 Å². The molecule has 0 radical (unpaired) electrons. The highest BCUT2D eigenvalue weighted by molar-refractivity contribution is 5.92. The van der Waals surface area contributed by atoms with E-state index in [-0.39, 0.29) is 6.54 Å². The van der Waals surface area contributed by atoms with Crippen LogP contribution < -0.4 is 11.1 Å². The Morgan fingerprint density at radius 2 is 1.41 bits per heavy atom. The van der Waals surface area contributed by atoms with Gasteiger partial charge in [0.25, 0.3) is 0 Å². The van der Waals surface area contributed by atoms with E-state index < -0.39 is 40.7 Å². The second-order valence-corrected chi connectivity index (χ2v) is 2.93. The number of guanidine groups is 1. The van der Waals surface area contributed by atoms with E-state index in [1.54, 1.807) is 6.92 Å². The summed E-state index contributed by atoms with van der Waals surface area (Å²) in [7, 11) is 0. The van der Waals surface area contributed by atoms with Crippen LogP contribution in [0, 0.1) is 29.1 Å². The van der Waals surface area contributed by atoms with Gasteiger partial charge in [0.05, 0.1) is 0 Å². The molecule has 0 fully saturated rings. The van der Waals surface area contributed by atoms with E-state index >= 15 is 0 Å². The molecule has 0 bridgehead atoms. The molecular weight excluding hydrogens is 245 g/mol. The van der Waals surface area contributed by atoms with Gasteiger partial charge in [0.15, 0.2) is 29.2 Å². The summed E-state index contributed by atoms with van der Waals surface area (Å²) in [6.07, 6.45) is 0. The normalized spacial score (nSPS) is 11.8. The lowest BCUT2D eigenvalue weighted by molar-refractivity contribution is 0.382. The second-order valence-electron chi connectivity index (χ2n) is 2.93. The minimum atomic E-state index is -2.23. The van der Waals surface area contributed by atoms with Crippen LogP contribution in [0.3, 0.4) is 0 Å². The first-order valence-electron chi connectivity index (χ1n) is 4.48. The van der Waals surface area contributed by atoms with Gasteiger partial charge in [-0.3, -0.25) is 4.99 Å². The summed E-state index contributed by atoms with van der Waals surface area (Å²) < 4.78 is 64.4. The van der Waals surface area contributed by atoms with Crippen molar-refractivity contribution in [2.24, 2.45) is 10.7 Å². The standard InChI is InChI=1S/C9H8F5N3/c1-2-16-9(15)17-8-6(13)4(11)3(10)5(12)7(8)14/h2H2,1H3,(H3,15,16,17). The summed E-state index contributed by atoms with van der Waals surface area (Å²) in [5.74, 6) is -10.7. The Kier molecular flexibility index (Phi) is 3.87. The van der Waals surface area contributed by atoms with E-state index in [1.165, 1.54) is 0 Å². The minimum absolute atomic E-state index is 0.189. The van der Waals surface area contributed by atoms with E-state index in [2.05, 4.69) is 4.99 Å².